The predicted molar refractivity (Wildman–Crippen MR) is 95.6 cm³/mol. The molecule has 0 spiro atoms. The van der Waals surface area contributed by atoms with Crippen molar-refractivity contribution in [2.24, 2.45) is 0 Å². The Hall–Kier alpha value is -3.04. The lowest BCUT2D eigenvalue weighted by Gasteiger charge is -2.01. The zero-order valence-corrected chi connectivity index (χ0v) is 13.7. The van der Waals surface area contributed by atoms with Crippen molar-refractivity contribution in [3.63, 3.8) is 0 Å². The molecular formula is C18H13N3O2S. The van der Waals surface area contributed by atoms with Crippen LogP contribution in [0.25, 0.3) is 21.9 Å². The molecule has 2 aromatic carbocycles. The summed E-state index contributed by atoms with van der Waals surface area (Å²) in [5, 5.41) is 21.3. The Morgan fingerprint density at radius 3 is 2.83 bits per heavy atom. The highest BCUT2D eigenvalue weighted by Gasteiger charge is 2.14. The number of fused-ring (bicyclic) bond motifs is 1. The maximum absolute atomic E-state index is 11.2. The van der Waals surface area contributed by atoms with E-state index in [1.165, 1.54) is 17.4 Å². The zero-order valence-electron chi connectivity index (χ0n) is 12.9. The second-order valence-corrected chi connectivity index (χ2v) is 6.19. The minimum absolute atomic E-state index is 0.0767. The highest BCUT2D eigenvalue weighted by Crippen LogP contribution is 2.29. The molecule has 0 saturated carbocycles. The van der Waals surface area contributed by atoms with E-state index in [2.05, 4.69) is 11.1 Å². The number of nitrogens with zero attached hydrogens (tertiary/aromatic N) is 3. The van der Waals surface area contributed by atoms with Gasteiger partial charge >= 0.3 is 0 Å². The number of hydrogen-bond acceptors (Lipinski definition) is 5. The fourth-order valence-corrected chi connectivity index (χ4v) is 3.37. The van der Waals surface area contributed by atoms with Gasteiger partial charge in [-0.3, -0.25) is 10.1 Å². The summed E-state index contributed by atoms with van der Waals surface area (Å²) in [5.74, 6) is 0. The van der Waals surface area contributed by atoms with Crippen molar-refractivity contribution in [3.05, 3.63) is 68.7 Å². The van der Waals surface area contributed by atoms with E-state index in [0.29, 0.717) is 28.1 Å². The van der Waals surface area contributed by atoms with Gasteiger partial charge in [-0.05, 0) is 30.2 Å². The number of thiazole rings is 1. The Balaban J connectivity index is 2.06. The Labute approximate surface area is 142 Å². The van der Waals surface area contributed by atoms with Crippen LogP contribution in [0.15, 0.2) is 42.5 Å². The molecule has 1 aromatic heterocycles. The number of nitro groups is 1. The molecule has 1 heterocycles. The minimum Gasteiger partial charge on any atom is -0.258 e. The first-order chi connectivity index (χ1) is 11.6. The Bertz CT molecular complexity index is 966. The Kier molecular flexibility index (Phi) is 4.36. The fourth-order valence-electron chi connectivity index (χ4n) is 2.44. The van der Waals surface area contributed by atoms with Gasteiger partial charge in [0.05, 0.1) is 20.7 Å². The molecule has 0 bridgehead atoms. The summed E-state index contributed by atoms with van der Waals surface area (Å²) in [4.78, 5) is 15.3. The molecule has 0 aliphatic carbocycles. The maximum atomic E-state index is 11.2. The van der Waals surface area contributed by atoms with Crippen LogP contribution in [0.5, 0.6) is 0 Å². The second-order valence-electron chi connectivity index (χ2n) is 5.16. The lowest BCUT2D eigenvalue weighted by molar-refractivity contribution is -0.385. The summed E-state index contributed by atoms with van der Waals surface area (Å²) in [7, 11) is 0. The molecule has 0 radical (unpaired) electrons. The normalized spacial score (nSPS) is 11.4. The Morgan fingerprint density at radius 2 is 2.17 bits per heavy atom. The van der Waals surface area contributed by atoms with Gasteiger partial charge in [-0.15, -0.1) is 11.3 Å². The van der Waals surface area contributed by atoms with Crippen LogP contribution in [0, 0.1) is 21.4 Å². The molecule has 0 aliphatic heterocycles. The monoisotopic (exact) mass is 335 g/mol. The van der Waals surface area contributed by atoms with Crippen molar-refractivity contribution in [2.45, 2.75) is 13.3 Å². The number of benzene rings is 2. The van der Waals surface area contributed by atoms with Gasteiger partial charge in [0, 0.05) is 11.6 Å². The average molecular weight is 335 g/mol. The maximum Gasteiger partial charge on any atom is 0.273 e. The van der Waals surface area contributed by atoms with Gasteiger partial charge in [0.2, 0.25) is 0 Å². The highest BCUT2D eigenvalue weighted by atomic mass is 32.1. The van der Waals surface area contributed by atoms with E-state index in [9.17, 15) is 15.4 Å². The van der Waals surface area contributed by atoms with Crippen LogP contribution in [-0.2, 0) is 6.42 Å². The highest BCUT2D eigenvalue weighted by molar-refractivity contribution is 7.19. The van der Waals surface area contributed by atoms with Gasteiger partial charge in [0.15, 0.2) is 0 Å². The SMILES string of the molecule is CCc1ccc(/C=C(\C#N)c2nc3ccccc3s2)cc1[N+](=O)[O-]. The number of hydrogen-bond donors (Lipinski definition) is 0. The fraction of sp³-hybridized carbons (Fsp3) is 0.111. The zero-order chi connectivity index (χ0) is 17.1. The predicted octanol–water partition coefficient (Wildman–Crippen LogP) is 4.83. The quantitative estimate of drug-likeness (QED) is 0.388. The topological polar surface area (TPSA) is 79.8 Å². The molecule has 0 fully saturated rings. The van der Waals surface area contributed by atoms with Crippen LogP contribution < -0.4 is 0 Å². The van der Waals surface area contributed by atoms with Gasteiger partial charge in [0.25, 0.3) is 5.69 Å². The van der Waals surface area contributed by atoms with Crippen molar-refractivity contribution in [3.8, 4) is 6.07 Å². The third-order valence-corrected chi connectivity index (χ3v) is 4.71. The number of aryl methyl sites for hydroxylation is 1. The van der Waals surface area contributed by atoms with E-state index in [-0.39, 0.29) is 10.6 Å². The molecular weight excluding hydrogens is 322 g/mol. The molecule has 5 nitrogen and oxygen atoms in total. The first kappa shape index (κ1) is 15.8. The third-order valence-electron chi connectivity index (χ3n) is 3.64. The standard InChI is InChI=1S/C18H13N3O2S/c1-2-13-8-7-12(10-16(13)21(22)23)9-14(11-19)18-20-15-5-3-4-6-17(15)24-18/h3-10H,2H2,1H3/b14-9+. The molecule has 0 aliphatic rings. The van der Waals surface area contributed by atoms with Crippen LogP contribution in [0.4, 0.5) is 5.69 Å². The van der Waals surface area contributed by atoms with E-state index in [1.807, 2.05) is 31.2 Å². The van der Waals surface area contributed by atoms with Gasteiger partial charge in [-0.1, -0.05) is 31.2 Å². The van der Waals surface area contributed by atoms with Gasteiger partial charge in [-0.2, -0.15) is 5.26 Å². The van der Waals surface area contributed by atoms with Crippen molar-refractivity contribution >= 4 is 38.9 Å². The molecule has 0 saturated heterocycles. The number of nitro benzene ring substituents is 1. The summed E-state index contributed by atoms with van der Waals surface area (Å²) in [5.41, 5.74) is 2.61. The molecule has 118 valence electrons. The van der Waals surface area contributed by atoms with Crippen molar-refractivity contribution in [1.82, 2.24) is 4.98 Å². The van der Waals surface area contributed by atoms with Crippen molar-refractivity contribution < 1.29 is 4.92 Å². The van der Waals surface area contributed by atoms with Crippen molar-refractivity contribution in [1.29, 1.82) is 5.26 Å². The van der Waals surface area contributed by atoms with Gasteiger partial charge in [-0.25, -0.2) is 4.98 Å². The van der Waals surface area contributed by atoms with Crippen LogP contribution in [0.2, 0.25) is 0 Å². The summed E-state index contributed by atoms with van der Waals surface area (Å²) < 4.78 is 1.00. The Morgan fingerprint density at radius 1 is 1.38 bits per heavy atom. The summed E-state index contributed by atoms with van der Waals surface area (Å²) >= 11 is 1.43. The summed E-state index contributed by atoms with van der Waals surface area (Å²) in [6, 6.07) is 14.8. The minimum atomic E-state index is -0.389. The van der Waals surface area contributed by atoms with E-state index in [4.69, 9.17) is 0 Å². The number of para-hydroxylation sites is 1. The first-order valence-electron chi connectivity index (χ1n) is 7.37. The lowest BCUT2D eigenvalue weighted by Crippen LogP contribution is -1.94. The summed E-state index contributed by atoms with van der Waals surface area (Å²) in [6.45, 7) is 1.87. The van der Waals surface area contributed by atoms with Crippen LogP contribution in [0.3, 0.4) is 0 Å². The van der Waals surface area contributed by atoms with Crippen LogP contribution >= 0.6 is 11.3 Å². The van der Waals surface area contributed by atoms with Crippen LogP contribution in [-0.4, -0.2) is 9.91 Å². The van der Waals surface area contributed by atoms with E-state index in [0.717, 1.165) is 10.2 Å². The molecule has 0 unspecified atom stereocenters. The number of rotatable bonds is 4. The second kappa shape index (κ2) is 6.60. The molecule has 0 amide bonds. The molecule has 0 atom stereocenters. The van der Waals surface area contributed by atoms with Gasteiger partial charge in [0.1, 0.15) is 11.1 Å². The molecule has 6 heteroatoms. The van der Waals surface area contributed by atoms with E-state index >= 15 is 0 Å². The molecule has 0 N–H and O–H groups in total. The van der Waals surface area contributed by atoms with Crippen LogP contribution in [0.1, 0.15) is 23.1 Å². The average Bonchev–Trinajstić information content (AvgIpc) is 3.03. The number of aromatic nitrogens is 1. The largest absolute Gasteiger partial charge is 0.273 e. The molecule has 3 aromatic rings. The lowest BCUT2D eigenvalue weighted by atomic mass is 10.1. The molecule has 24 heavy (non-hydrogen) atoms. The number of allylic oxidation sites excluding steroid dienone is 1. The number of nitriles is 1. The van der Waals surface area contributed by atoms with E-state index in [1.54, 1.807) is 18.2 Å². The van der Waals surface area contributed by atoms with E-state index < -0.39 is 0 Å². The first-order valence-corrected chi connectivity index (χ1v) is 8.19. The van der Waals surface area contributed by atoms with Crippen molar-refractivity contribution in [2.75, 3.05) is 0 Å². The smallest absolute Gasteiger partial charge is 0.258 e. The molecule has 3 rings (SSSR count). The van der Waals surface area contributed by atoms with Gasteiger partial charge < -0.3 is 0 Å². The summed E-state index contributed by atoms with van der Waals surface area (Å²) in [6.07, 6.45) is 2.23. The third kappa shape index (κ3) is 3.03.